The molecule has 6 heteroatoms. The zero-order valence-corrected chi connectivity index (χ0v) is 13.6. The average molecular weight is 306 g/mol. The number of anilines is 1. The quantitative estimate of drug-likeness (QED) is 0.883. The third-order valence-electron chi connectivity index (χ3n) is 4.10. The fourth-order valence-corrected chi connectivity index (χ4v) is 2.68. The molecule has 1 aliphatic heterocycles. The van der Waals surface area contributed by atoms with E-state index in [1.807, 2.05) is 37.2 Å². The Bertz CT molecular complexity index is 505. The third kappa shape index (κ3) is 4.34. The molecule has 0 bridgehead atoms. The van der Waals surface area contributed by atoms with Gasteiger partial charge in [0, 0.05) is 33.1 Å². The Balaban J connectivity index is 1.88. The topological polar surface area (TPSA) is 68.7 Å². The number of nitrogens with zero attached hydrogens (tertiary/aromatic N) is 3. The molecule has 0 aromatic carbocycles. The normalized spacial score (nSPS) is 19.6. The van der Waals surface area contributed by atoms with Gasteiger partial charge < -0.3 is 20.2 Å². The van der Waals surface area contributed by atoms with E-state index in [2.05, 4.69) is 10.3 Å². The van der Waals surface area contributed by atoms with Crippen molar-refractivity contribution in [2.75, 3.05) is 32.1 Å². The second-order valence-corrected chi connectivity index (χ2v) is 6.13. The number of rotatable bonds is 4. The molecule has 22 heavy (non-hydrogen) atoms. The van der Waals surface area contributed by atoms with Gasteiger partial charge in [0.2, 0.25) is 0 Å². The van der Waals surface area contributed by atoms with Crippen LogP contribution in [-0.2, 0) is 6.54 Å². The van der Waals surface area contributed by atoms with Crippen LogP contribution in [0.25, 0.3) is 0 Å². The Morgan fingerprint density at radius 1 is 1.55 bits per heavy atom. The van der Waals surface area contributed by atoms with Crippen molar-refractivity contribution in [1.82, 2.24) is 15.2 Å². The lowest BCUT2D eigenvalue weighted by molar-refractivity contribution is 0.0738. The first-order valence-electron chi connectivity index (χ1n) is 7.81. The predicted molar refractivity (Wildman–Crippen MR) is 86.8 cm³/mol. The molecular formula is C16H26N4O2. The highest BCUT2D eigenvalue weighted by Gasteiger charge is 2.26. The minimum absolute atomic E-state index is 0.0811. The highest BCUT2D eigenvalue weighted by atomic mass is 16.3. The zero-order chi connectivity index (χ0) is 16.1. The Morgan fingerprint density at radius 2 is 2.32 bits per heavy atom. The predicted octanol–water partition coefficient (Wildman–Crippen LogP) is 1.45. The van der Waals surface area contributed by atoms with Gasteiger partial charge in [-0.25, -0.2) is 9.78 Å². The first-order valence-corrected chi connectivity index (χ1v) is 7.81. The molecule has 2 heterocycles. The molecule has 122 valence electrons. The third-order valence-corrected chi connectivity index (χ3v) is 4.10. The average Bonchev–Trinajstić information content (AvgIpc) is 2.53. The van der Waals surface area contributed by atoms with Gasteiger partial charge >= 0.3 is 6.03 Å². The molecule has 1 aromatic heterocycles. The van der Waals surface area contributed by atoms with Gasteiger partial charge in [-0.1, -0.05) is 6.07 Å². The molecule has 2 amide bonds. The van der Waals surface area contributed by atoms with E-state index in [-0.39, 0.29) is 18.1 Å². The number of urea groups is 1. The van der Waals surface area contributed by atoms with E-state index in [0.717, 1.165) is 30.9 Å². The van der Waals surface area contributed by atoms with Gasteiger partial charge in [-0.05, 0) is 31.9 Å². The van der Waals surface area contributed by atoms with Crippen molar-refractivity contribution in [2.24, 2.45) is 5.92 Å². The lowest BCUT2D eigenvalue weighted by atomic mass is 9.94. The maximum atomic E-state index is 12.3. The summed E-state index contributed by atoms with van der Waals surface area (Å²) >= 11 is 0. The number of nitrogens with one attached hydrogen (secondary N) is 1. The number of piperidine rings is 1. The number of pyridine rings is 1. The summed E-state index contributed by atoms with van der Waals surface area (Å²) in [7, 11) is 3.88. The van der Waals surface area contributed by atoms with Crippen molar-refractivity contribution in [3.05, 3.63) is 23.9 Å². The van der Waals surface area contributed by atoms with Crippen LogP contribution in [0, 0.1) is 5.92 Å². The number of aliphatic hydroxyl groups is 1. The van der Waals surface area contributed by atoms with E-state index >= 15 is 0 Å². The van der Waals surface area contributed by atoms with Crippen LogP contribution in [0.3, 0.4) is 0 Å². The van der Waals surface area contributed by atoms with Crippen LogP contribution in [0.4, 0.5) is 10.6 Å². The second kappa shape index (κ2) is 7.45. The lowest BCUT2D eigenvalue weighted by Gasteiger charge is -2.34. The fourth-order valence-electron chi connectivity index (χ4n) is 2.68. The first-order chi connectivity index (χ1) is 10.5. The summed E-state index contributed by atoms with van der Waals surface area (Å²) in [5.41, 5.74) is 0.837. The van der Waals surface area contributed by atoms with Crippen LogP contribution >= 0.6 is 0 Å². The minimum Gasteiger partial charge on any atom is -0.393 e. The molecule has 1 saturated heterocycles. The highest BCUT2D eigenvalue weighted by molar-refractivity contribution is 5.74. The van der Waals surface area contributed by atoms with Crippen LogP contribution < -0.4 is 10.2 Å². The molecule has 2 unspecified atom stereocenters. The summed E-state index contributed by atoms with van der Waals surface area (Å²) in [5.74, 6) is 1.05. The molecule has 0 saturated carbocycles. The molecular weight excluding hydrogens is 280 g/mol. The van der Waals surface area contributed by atoms with E-state index < -0.39 is 0 Å². The maximum Gasteiger partial charge on any atom is 0.317 e. The zero-order valence-electron chi connectivity index (χ0n) is 13.6. The molecule has 0 aliphatic carbocycles. The monoisotopic (exact) mass is 306 g/mol. The number of hydrogen-bond acceptors (Lipinski definition) is 4. The van der Waals surface area contributed by atoms with Gasteiger partial charge in [-0.2, -0.15) is 0 Å². The minimum atomic E-state index is -0.367. The van der Waals surface area contributed by atoms with Crippen molar-refractivity contribution in [2.45, 2.75) is 32.4 Å². The van der Waals surface area contributed by atoms with Crippen molar-refractivity contribution in [1.29, 1.82) is 0 Å². The van der Waals surface area contributed by atoms with Crippen LogP contribution in [0.5, 0.6) is 0 Å². The van der Waals surface area contributed by atoms with Crippen molar-refractivity contribution >= 4 is 11.8 Å². The van der Waals surface area contributed by atoms with E-state index in [9.17, 15) is 9.90 Å². The van der Waals surface area contributed by atoms with E-state index in [1.165, 1.54) is 0 Å². The number of carbonyl (C=O) groups excluding carboxylic acids is 1. The van der Waals surface area contributed by atoms with Gasteiger partial charge in [-0.15, -0.1) is 0 Å². The lowest BCUT2D eigenvalue weighted by Crippen LogP contribution is -2.47. The molecule has 2 N–H and O–H groups in total. The van der Waals surface area contributed by atoms with Crippen molar-refractivity contribution in [3.63, 3.8) is 0 Å². The smallest absolute Gasteiger partial charge is 0.317 e. The van der Waals surface area contributed by atoms with Crippen LogP contribution in [0.15, 0.2) is 18.2 Å². The van der Waals surface area contributed by atoms with Crippen LogP contribution in [0.2, 0.25) is 0 Å². The van der Waals surface area contributed by atoms with Crippen molar-refractivity contribution < 1.29 is 9.90 Å². The molecule has 1 aliphatic rings. The molecule has 2 rings (SSSR count). The van der Waals surface area contributed by atoms with E-state index in [1.54, 1.807) is 11.8 Å². The molecule has 1 fully saturated rings. The number of hydrogen-bond donors (Lipinski definition) is 2. The summed E-state index contributed by atoms with van der Waals surface area (Å²) in [6.45, 7) is 3.58. The van der Waals surface area contributed by atoms with Crippen LogP contribution in [0.1, 0.15) is 25.5 Å². The van der Waals surface area contributed by atoms with Gasteiger partial charge in [-0.3, -0.25) is 0 Å². The summed E-state index contributed by atoms with van der Waals surface area (Å²) in [4.78, 5) is 20.5. The van der Waals surface area contributed by atoms with Gasteiger partial charge in [0.1, 0.15) is 5.82 Å². The Morgan fingerprint density at radius 3 is 3.00 bits per heavy atom. The maximum absolute atomic E-state index is 12.3. The Hall–Kier alpha value is -1.82. The molecule has 0 spiro atoms. The summed E-state index contributed by atoms with van der Waals surface area (Å²) in [5, 5.41) is 12.6. The Kier molecular flexibility index (Phi) is 5.60. The fraction of sp³-hybridized carbons (Fsp3) is 0.625. The number of amides is 2. The van der Waals surface area contributed by atoms with Gasteiger partial charge in [0.15, 0.2) is 0 Å². The molecule has 2 atom stereocenters. The van der Waals surface area contributed by atoms with Gasteiger partial charge in [0.25, 0.3) is 0 Å². The number of aliphatic hydroxyl groups excluding tert-OH is 1. The summed E-state index contributed by atoms with van der Waals surface area (Å²) in [6.07, 6.45) is 1.56. The molecule has 0 radical (unpaired) electrons. The summed E-state index contributed by atoms with van der Waals surface area (Å²) in [6, 6.07) is 5.70. The van der Waals surface area contributed by atoms with Gasteiger partial charge in [0.05, 0.1) is 18.3 Å². The van der Waals surface area contributed by atoms with E-state index in [4.69, 9.17) is 0 Å². The molecule has 1 aromatic rings. The second-order valence-electron chi connectivity index (χ2n) is 6.13. The van der Waals surface area contributed by atoms with Crippen molar-refractivity contribution in [3.8, 4) is 0 Å². The standard InChI is InChI=1S/C16H26N4O2/c1-12(21)13-6-5-9-20(11-13)16(22)17-10-14-7-4-8-15(18-14)19(2)3/h4,7-8,12-13,21H,5-6,9-11H2,1-3H3,(H,17,22). The number of carbonyl (C=O) groups is 1. The molecule has 6 nitrogen and oxygen atoms in total. The van der Waals surface area contributed by atoms with E-state index in [0.29, 0.717) is 13.1 Å². The van der Waals surface area contributed by atoms with Crippen LogP contribution in [-0.4, -0.2) is 54.3 Å². The first kappa shape index (κ1) is 16.5. The SMILES string of the molecule is CC(O)C1CCCN(C(=O)NCc2cccc(N(C)C)n2)C1. The number of likely N-dealkylation sites (tertiary alicyclic amines) is 1. The summed E-state index contributed by atoms with van der Waals surface area (Å²) < 4.78 is 0. The largest absolute Gasteiger partial charge is 0.393 e. The number of aromatic nitrogens is 1. The highest BCUT2D eigenvalue weighted by Crippen LogP contribution is 2.19. The Labute approximate surface area is 132 Å².